The zero-order valence-electron chi connectivity index (χ0n) is 9.89. The molecule has 4 nitrogen and oxygen atoms in total. The van der Waals surface area contributed by atoms with E-state index in [-0.39, 0.29) is 17.5 Å². The molecule has 0 bridgehead atoms. The number of hydrogen-bond donors (Lipinski definition) is 1. The Morgan fingerprint density at radius 1 is 1.13 bits per heavy atom. The molecular weight excluding hydrogens is 216 g/mol. The summed E-state index contributed by atoms with van der Waals surface area (Å²) < 4.78 is 21.9. The molecule has 1 heterocycles. The van der Waals surface area contributed by atoms with E-state index in [1.807, 2.05) is 20.8 Å². The van der Waals surface area contributed by atoms with Crippen molar-refractivity contribution in [3.05, 3.63) is 0 Å². The molecule has 1 aliphatic rings. The van der Waals surface area contributed by atoms with Gasteiger partial charge in [0.2, 0.25) is 0 Å². The van der Waals surface area contributed by atoms with E-state index >= 15 is 0 Å². The van der Waals surface area contributed by atoms with Gasteiger partial charge in [0.15, 0.2) is 12.1 Å². The van der Waals surface area contributed by atoms with Crippen molar-refractivity contribution in [3.8, 4) is 0 Å². The highest BCUT2D eigenvalue weighted by atomic mass is 32.1. The smallest absolute Gasteiger partial charge is 0.185 e. The Kier molecular flexibility index (Phi) is 4.43. The second-order valence-corrected chi connectivity index (χ2v) is 4.96. The van der Waals surface area contributed by atoms with Gasteiger partial charge in [-0.05, 0) is 13.8 Å². The lowest BCUT2D eigenvalue weighted by Gasteiger charge is -2.25. The fourth-order valence-electron chi connectivity index (χ4n) is 1.77. The van der Waals surface area contributed by atoms with Crippen molar-refractivity contribution in [1.82, 2.24) is 0 Å². The molecule has 0 aliphatic carbocycles. The number of rotatable bonds is 4. The monoisotopic (exact) mass is 236 g/mol. The summed E-state index contributed by atoms with van der Waals surface area (Å²) in [5.74, 6) is -0.609. The van der Waals surface area contributed by atoms with E-state index in [1.54, 1.807) is 14.2 Å². The van der Waals surface area contributed by atoms with Gasteiger partial charge in [0.25, 0.3) is 0 Å². The van der Waals surface area contributed by atoms with Crippen LogP contribution >= 0.6 is 12.6 Å². The third-order valence-corrected chi connectivity index (χ3v) is 2.67. The predicted octanol–water partition coefficient (Wildman–Crippen LogP) is 1.44. The molecule has 90 valence electrons. The number of ether oxygens (including phenoxy) is 4. The summed E-state index contributed by atoms with van der Waals surface area (Å²) in [6.45, 7) is 5.71. The molecule has 0 radical (unpaired) electrons. The first-order valence-electron chi connectivity index (χ1n) is 5.00. The van der Waals surface area contributed by atoms with Crippen molar-refractivity contribution in [2.75, 3.05) is 14.2 Å². The Morgan fingerprint density at radius 2 is 1.60 bits per heavy atom. The van der Waals surface area contributed by atoms with Crippen molar-refractivity contribution in [2.45, 2.75) is 50.3 Å². The zero-order valence-corrected chi connectivity index (χ0v) is 10.8. The molecule has 0 spiro atoms. The molecule has 0 unspecified atom stereocenters. The minimum Gasteiger partial charge on any atom is -0.353 e. The van der Waals surface area contributed by atoms with Gasteiger partial charge in [0.1, 0.15) is 12.2 Å². The normalized spacial score (nSPS) is 32.2. The average molecular weight is 236 g/mol. The van der Waals surface area contributed by atoms with Crippen LogP contribution in [0.5, 0.6) is 0 Å². The zero-order chi connectivity index (χ0) is 11.6. The first-order valence-corrected chi connectivity index (χ1v) is 5.52. The Morgan fingerprint density at radius 3 is 2.00 bits per heavy atom. The summed E-state index contributed by atoms with van der Waals surface area (Å²) >= 11 is 4.39. The minimum atomic E-state index is -0.609. The van der Waals surface area contributed by atoms with E-state index in [9.17, 15) is 0 Å². The van der Waals surface area contributed by atoms with Gasteiger partial charge < -0.3 is 18.9 Å². The van der Waals surface area contributed by atoms with E-state index in [1.165, 1.54) is 0 Å². The van der Waals surface area contributed by atoms with Crippen LogP contribution in [0.15, 0.2) is 0 Å². The number of hydrogen-bond acceptors (Lipinski definition) is 5. The third-order valence-electron chi connectivity index (χ3n) is 2.37. The molecule has 1 aliphatic heterocycles. The molecule has 0 aromatic carbocycles. The van der Waals surface area contributed by atoms with Crippen LogP contribution in [-0.2, 0) is 18.9 Å². The maximum absolute atomic E-state index is 5.75. The van der Waals surface area contributed by atoms with E-state index in [4.69, 9.17) is 18.9 Å². The third kappa shape index (κ3) is 3.07. The second kappa shape index (κ2) is 5.01. The molecule has 1 rings (SSSR count). The van der Waals surface area contributed by atoms with Crippen LogP contribution in [0.25, 0.3) is 0 Å². The predicted molar refractivity (Wildman–Crippen MR) is 60.1 cm³/mol. The van der Waals surface area contributed by atoms with Gasteiger partial charge in [-0.25, -0.2) is 0 Å². The summed E-state index contributed by atoms with van der Waals surface area (Å²) in [5.41, 5.74) is 0. The Bertz CT molecular complexity index is 204. The van der Waals surface area contributed by atoms with Crippen molar-refractivity contribution >= 4 is 12.6 Å². The molecule has 0 saturated carbocycles. The second-order valence-electron chi connectivity index (χ2n) is 4.15. The maximum Gasteiger partial charge on any atom is 0.185 e. The summed E-state index contributed by atoms with van der Waals surface area (Å²) in [7, 11) is 3.17. The van der Waals surface area contributed by atoms with Gasteiger partial charge in [0.05, 0.1) is 0 Å². The van der Waals surface area contributed by atoms with Crippen LogP contribution in [-0.4, -0.2) is 43.8 Å². The summed E-state index contributed by atoms with van der Waals surface area (Å²) in [6, 6.07) is 0. The van der Waals surface area contributed by atoms with Gasteiger partial charge in [-0.3, -0.25) is 0 Å². The Balaban J connectivity index is 2.76. The van der Waals surface area contributed by atoms with Crippen LogP contribution in [0.1, 0.15) is 20.8 Å². The van der Waals surface area contributed by atoms with E-state index in [0.29, 0.717) is 0 Å². The van der Waals surface area contributed by atoms with E-state index in [2.05, 4.69) is 12.6 Å². The van der Waals surface area contributed by atoms with Gasteiger partial charge in [0, 0.05) is 19.5 Å². The Hall–Kier alpha value is 0.190. The van der Waals surface area contributed by atoms with Crippen LogP contribution in [0.3, 0.4) is 0 Å². The molecule has 0 aromatic heterocycles. The number of methoxy groups -OCH3 is 2. The summed E-state index contributed by atoms with van der Waals surface area (Å²) in [4.78, 5) is 0. The van der Waals surface area contributed by atoms with Crippen molar-refractivity contribution in [1.29, 1.82) is 0 Å². The fraction of sp³-hybridized carbons (Fsp3) is 1.00. The first kappa shape index (κ1) is 13.3. The Labute approximate surface area is 96.6 Å². The van der Waals surface area contributed by atoms with Crippen LogP contribution in [0.2, 0.25) is 0 Å². The summed E-state index contributed by atoms with van der Waals surface area (Å²) in [6.07, 6.45) is -0.804. The van der Waals surface area contributed by atoms with Crippen LogP contribution in [0.4, 0.5) is 0 Å². The average Bonchev–Trinajstić information content (AvgIpc) is 2.44. The molecule has 3 atom stereocenters. The van der Waals surface area contributed by atoms with Gasteiger partial charge in [-0.1, -0.05) is 6.92 Å². The highest BCUT2D eigenvalue weighted by molar-refractivity contribution is 7.81. The molecule has 0 aromatic rings. The molecule has 0 amide bonds. The lowest BCUT2D eigenvalue weighted by atomic mass is 10.1. The highest BCUT2D eigenvalue weighted by Crippen LogP contribution is 2.33. The number of thiol groups is 1. The minimum absolute atomic E-state index is 0.0598. The maximum atomic E-state index is 5.75. The van der Waals surface area contributed by atoms with Crippen molar-refractivity contribution in [2.24, 2.45) is 0 Å². The molecular formula is C10H20O4S. The first-order chi connectivity index (χ1) is 6.91. The summed E-state index contributed by atoms with van der Waals surface area (Å²) in [5, 5.41) is 0.0598. The topological polar surface area (TPSA) is 36.9 Å². The fourth-order valence-corrected chi connectivity index (χ4v) is 2.00. The van der Waals surface area contributed by atoms with Gasteiger partial charge >= 0.3 is 0 Å². The largest absolute Gasteiger partial charge is 0.353 e. The SMILES string of the molecule is COC(OC)[C@@H]1OC(C)(C)O[C@H]1[C@H](C)S. The van der Waals surface area contributed by atoms with Crippen LogP contribution in [0, 0.1) is 0 Å². The van der Waals surface area contributed by atoms with Gasteiger partial charge in [-0.2, -0.15) is 12.6 Å². The van der Waals surface area contributed by atoms with Gasteiger partial charge in [-0.15, -0.1) is 0 Å². The molecule has 1 saturated heterocycles. The lowest BCUT2D eigenvalue weighted by Crippen LogP contribution is -2.41. The standard InChI is InChI=1S/C10H20O4S/c1-6(15)7-8(9(11-4)12-5)14-10(2,3)13-7/h6-9,15H,1-5H3/t6-,7-,8+/m0/s1. The van der Waals surface area contributed by atoms with Crippen molar-refractivity contribution in [3.63, 3.8) is 0 Å². The lowest BCUT2D eigenvalue weighted by molar-refractivity contribution is -0.201. The van der Waals surface area contributed by atoms with Crippen LogP contribution < -0.4 is 0 Å². The molecule has 0 N–H and O–H groups in total. The molecule has 5 heteroatoms. The van der Waals surface area contributed by atoms with E-state index < -0.39 is 12.1 Å². The molecule has 1 fully saturated rings. The van der Waals surface area contributed by atoms with E-state index in [0.717, 1.165) is 0 Å². The van der Waals surface area contributed by atoms with Crippen molar-refractivity contribution < 1.29 is 18.9 Å². The highest BCUT2D eigenvalue weighted by Gasteiger charge is 2.47. The quantitative estimate of drug-likeness (QED) is 0.592. The molecule has 15 heavy (non-hydrogen) atoms.